The highest BCUT2D eigenvalue weighted by Crippen LogP contribution is 2.25. The zero-order valence-corrected chi connectivity index (χ0v) is 23.4. The number of benzene rings is 2. The summed E-state index contributed by atoms with van der Waals surface area (Å²) in [5.41, 5.74) is 2.78. The number of methoxy groups -OCH3 is 1. The van der Waals surface area contributed by atoms with Crippen LogP contribution in [0.2, 0.25) is 0 Å². The minimum absolute atomic E-state index is 0.00460. The van der Waals surface area contributed by atoms with Crippen molar-refractivity contribution in [2.45, 2.75) is 64.4 Å². The van der Waals surface area contributed by atoms with Crippen molar-refractivity contribution in [1.29, 1.82) is 0 Å². The number of ether oxygens (including phenoxy) is 2. The zero-order chi connectivity index (χ0) is 27.5. The number of esters is 1. The van der Waals surface area contributed by atoms with Crippen molar-refractivity contribution in [3.8, 4) is 5.75 Å². The van der Waals surface area contributed by atoms with E-state index in [1.165, 1.54) is 41.9 Å². The maximum atomic E-state index is 13.5. The van der Waals surface area contributed by atoms with Crippen LogP contribution >= 0.6 is 0 Å². The van der Waals surface area contributed by atoms with Gasteiger partial charge in [0.2, 0.25) is 10.0 Å². The van der Waals surface area contributed by atoms with E-state index in [-0.39, 0.29) is 30.0 Å². The normalized spacial score (nSPS) is 11.4. The lowest BCUT2D eigenvalue weighted by molar-refractivity contribution is -0.142. The van der Waals surface area contributed by atoms with Crippen LogP contribution < -0.4 is 4.74 Å². The third kappa shape index (κ3) is 9.30. The summed E-state index contributed by atoms with van der Waals surface area (Å²) in [6, 6.07) is 18.1. The van der Waals surface area contributed by atoms with Gasteiger partial charge in [-0.05, 0) is 46.4 Å². The third-order valence-corrected chi connectivity index (χ3v) is 7.07. The summed E-state index contributed by atoms with van der Waals surface area (Å²) in [5, 5.41) is 0. The molecule has 3 aromatic rings. The summed E-state index contributed by atoms with van der Waals surface area (Å²) in [5.74, 6) is -0.0407. The van der Waals surface area contributed by atoms with Gasteiger partial charge < -0.3 is 9.47 Å². The fourth-order valence-electron chi connectivity index (χ4n) is 3.33. The van der Waals surface area contributed by atoms with Crippen LogP contribution in [0.4, 0.5) is 0 Å². The lowest BCUT2D eigenvalue weighted by Crippen LogP contribution is -2.30. The predicted octanol–water partition coefficient (Wildman–Crippen LogP) is 5.74. The first-order valence-electron chi connectivity index (χ1n) is 12.3. The third-order valence-electron chi connectivity index (χ3n) is 5.29. The molecule has 8 heteroatoms. The molecule has 37 heavy (non-hydrogen) atoms. The fraction of sp³-hybridized carbons (Fsp3) is 0.379. The number of carbonyl (C=O) groups excluding carboxylic acids is 1. The molecule has 200 valence electrons. The van der Waals surface area contributed by atoms with Gasteiger partial charge in [0.05, 0.1) is 7.11 Å². The predicted molar refractivity (Wildman–Crippen MR) is 146 cm³/mol. The second-order valence-corrected chi connectivity index (χ2v) is 11.6. The van der Waals surface area contributed by atoms with Gasteiger partial charge in [-0.25, -0.2) is 13.2 Å². The van der Waals surface area contributed by atoms with Crippen molar-refractivity contribution in [3.05, 3.63) is 89.7 Å². The number of aromatic nitrogens is 1. The molecule has 0 spiro atoms. The molecule has 3 rings (SSSR count). The van der Waals surface area contributed by atoms with Crippen LogP contribution in [0.3, 0.4) is 0 Å². The molecular weight excluding hydrogens is 488 g/mol. The van der Waals surface area contributed by atoms with Crippen molar-refractivity contribution in [3.63, 3.8) is 0 Å². The summed E-state index contributed by atoms with van der Waals surface area (Å²) < 4.78 is 38.5. The van der Waals surface area contributed by atoms with Gasteiger partial charge in [-0.2, -0.15) is 4.31 Å². The molecule has 0 aliphatic rings. The quantitative estimate of drug-likeness (QED) is 0.331. The maximum absolute atomic E-state index is 13.5. The molecule has 0 saturated carbocycles. The van der Waals surface area contributed by atoms with E-state index < -0.39 is 16.0 Å². The van der Waals surface area contributed by atoms with Gasteiger partial charge in [-0.1, -0.05) is 77.4 Å². The Morgan fingerprint density at radius 3 is 2.16 bits per heavy atom. The molecule has 0 bridgehead atoms. The molecule has 0 N–H and O–H groups in total. The molecule has 1 aromatic heterocycles. The standard InChI is InChI=1S/C26H30N2O5S.C3H8/c1-26(2,3)22-12-10-20(11-13-22)17-28(34(30,31)24-9-6-14-27-16-24)18-21-7-5-8-23(15-21)33-19-25(29)32-4;1-3-2/h5-16H,17-19H2,1-4H3;3H2,1-2H3. The molecule has 0 fully saturated rings. The van der Waals surface area contributed by atoms with Crippen LogP contribution in [-0.4, -0.2) is 37.4 Å². The van der Waals surface area contributed by atoms with Gasteiger partial charge in [0.25, 0.3) is 0 Å². The smallest absolute Gasteiger partial charge is 0.343 e. The van der Waals surface area contributed by atoms with Gasteiger partial charge >= 0.3 is 5.97 Å². The van der Waals surface area contributed by atoms with E-state index in [1.807, 2.05) is 30.3 Å². The Kier molecular flexibility index (Phi) is 11.3. The average molecular weight is 527 g/mol. The van der Waals surface area contributed by atoms with Crippen LogP contribution in [0.1, 0.15) is 57.7 Å². The SMILES string of the molecule is CCC.COC(=O)COc1cccc(CN(Cc2ccc(C(C)(C)C)cc2)S(=O)(=O)c2cccnc2)c1. The second-order valence-electron chi connectivity index (χ2n) is 9.63. The molecule has 7 nitrogen and oxygen atoms in total. The second kappa shape index (κ2) is 13.9. The first-order valence-corrected chi connectivity index (χ1v) is 13.7. The Bertz CT molecular complexity index is 1220. The largest absolute Gasteiger partial charge is 0.482 e. The van der Waals surface area contributed by atoms with Crippen LogP contribution in [0.25, 0.3) is 0 Å². The summed E-state index contributed by atoms with van der Waals surface area (Å²) in [4.78, 5) is 15.5. The highest BCUT2D eigenvalue weighted by Gasteiger charge is 2.25. The first kappa shape index (κ1) is 30.0. The van der Waals surface area contributed by atoms with E-state index in [4.69, 9.17) is 4.74 Å². The van der Waals surface area contributed by atoms with Gasteiger partial charge in [0.15, 0.2) is 6.61 Å². The molecule has 0 saturated heterocycles. The number of sulfonamides is 1. The van der Waals surface area contributed by atoms with Crippen molar-refractivity contribution >= 4 is 16.0 Å². The number of rotatable bonds is 9. The minimum atomic E-state index is -3.82. The fourth-order valence-corrected chi connectivity index (χ4v) is 4.71. The Hall–Kier alpha value is -3.23. The lowest BCUT2D eigenvalue weighted by atomic mass is 9.87. The van der Waals surface area contributed by atoms with Gasteiger partial charge in [0, 0.05) is 25.5 Å². The minimum Gasteiger partial charge on any atom is -0.482 e. The molecule has 0 radical (unpaired) electrons. The van der Waals surface area contributed by atoms with Crippen molar-refractivity contribution in [2.75, 3.05) is 13.7 Å². The van der Waals surface area contributed by atoms with Crippen molar-refractivity contribution < 1.29 is 22.7 Å². The monoisotopic (exact) mass is 526 g/mol. The lowest BCUT2D eigenvalue weighted by Gasteiger charge is -2.24. The summed E-state index contributed by atoms with van der Waals surface area (Å²) in [7, 11) is -2.53. The van der Waals surface area contributed by atoms with Crippen LogP contribution in [0, 0.1) is 0 Å². The molecule has 1 heterocycles. The summed E-state index contributed by atoms with van der Waals surface area (Å²) in [6.45, 7) is 10.7. The van der Waals surface area contributed by atoms with Crippen LogP contribution in [-0.2, 0) is 38.1 Å². The molecule has 0 aliphatic carbocycles. The van der Waals surface area contributed by atoms with E-state index in [0.717, 1.165) is 11.1 Å². The molecule has 2 aromatic carbocycles. The molecule has 0 amide bonds. The van der Waals surface area contributed by atoms with E-state index in [9.17, 15) is 13.2 Å². The van der Waals surface area contributed by atoms with E-state index in [2.05, 4.69) is 44.3 Å². The topological polar surface area (TPSA) is 85.8 Å². The Labute approximate surface area is 221 Å². The summed E-state index contributed by atoms with van der Waals surface area (Å²) in [6.07, 6.45) is 4.14. The zero-order valence-electron chi connectivity index (χ0n) is 22.6. The van der Waals surface area contributed by atoms with Gasteiger partial charge in [-0.15, -0.1) is 0 Å². The van der Waals surface area contributed by atoms with Crippen molar-refractivity contribution in [1.82, 2.24) is 9.29 Å². The molecular formula is C29H38N2O5S. The Balaban J connectivity index is 0.00000153. The molecule has 0 atom stereocenters. The van der Waals surface area contributed by atoms with E-state index in [0.29, 0.717) is 5.75 Å². The van der Waals surface area contributed by atoms with Crippen LogP contribution in [0.15, 0.2) is 78.0 Å². The van der Waals surface area contributed by atoms with Gasteiger partial charge in [0.1, 0.15) is 10.6 Å². The average Bonchev–Trinajstić information content (AvgIpc) is 2.88. The van der Waals surface area contributed by atoms with Crippen molar-refractivity contribution in [2.24, 2.45) is 0 Å². The van der Waals surface area contributed by atoms with E-state index in [1.54, 1.807) is 24.3 Å². The number of hydrogen-bond donors (Lipinski definition) is 0. The number of hydrogen-bond acceptors (Lipinski definition) is 6. The number of pyridine rings is 1. The Morgan fingerprint density at radius 2 is 1.59 bits per heavy atom. The number of carbonyl (C=O) groups is 1. The maximum Gasteiger partial charge on any atom is 0.343 e. The Morgan fingerprint density at radius 1 is 0.946 bits per heavy atom. The summed E-state index contributed by atoms with van der Waals surface area (Å²) >= 11 is 0. The van der Waals surface area contributed by atoms with Crippen LogP contribution in [0.5, 0.6) is 5.75 Å². The molecule has 0 aliphatic heterocycles. The highest BCUT2D eigenvalue weighted by atomic mass is 32.2. The first-order chi connectivity index (χ1) is 17.5. The molecule has 0 unspecified atom stereocenters. The highest BCUT2D eigenvalue weighted by molar-refractivity contribution is 7.89. The van der Waals surface area contributed by atoms with Gasteiger partial charge in [-0.3, -0.25) is 4.98 Å². The number of nitrogens with zero attached hydrogens (tertiary/aromatic N) is 2. The van der Waals surface area contributed by atoms with E-state index >= 15 is 0 Å².